The summed E-state index contributed by atoms with van der Waals surface area (Å²) in [7, 11) is -1.48. The molecule has 6 nitrogen and oxygen atoms in total. The number of carboxylic acids is 1. The van der Waals surface area contributed by atoms with Gasteiger partial charge >= 0.3 is 5.97 Å². The lowest BCUT2D eigenvalue weighted by molar-refractivity contribution is 0.0693. The molecule has 0 bridgehead atoms. The molecule has 1 amide bonds. The molecule has 1 aromatic rings. The van der Waals surface area contributed by atoms with Gasteiger partial charge in [0.15, 0.2) is 9.84 Å². The van der Waals surface area contributed by atoms with Crippen molar-refractivity contribution in [3.05, 3.63) is 35.4 Å². The Bertz CT molecular complexity index is 635. The molecule has 1 N–H and O–H groups in total. The second-order valence-electron chi connectivity index (χ2n) is 4.86. The Kier molecular flexibility index (Phi) is 3.80. The van der Waals surface area contributed by atoms with E-state index < -0.39 is 15.8 Å². The zero-order valence-corrected chi connectivity index (χ0v) is 11.8. The van der Waals surface area contributed by atoms with E-state index in [2.05, 4.69) is 0 Å². The van der Waals surface area contributed by atoms with Gasteiger partial charge in [0, 0.05) is 18.7 Å². The molecule has 0 spiro atoms. The van der Waals surface area contributed by atoms with Crippen LogP contribution in [0.4, 0.5) is 0 Å². The third-order valence-corrected chi connectivity index (χ3v) is 5.21. The van der Waals surface area contributed by atoms with E-state index in [9.17, 15) is 18.0 Å². The third kappa shape index (κ3) is 2.98. The lowest BCUT2D eigenvalue weighted by Gasteiger charge is -2.23. The standard InChI is InChI=1S/C13H15NO5S/c1-14(11-6-7-20(18,19)8-11)12(15)9-2-4-10(5-3-9)13(16)17/h2-5,11H,6-8H2,1H3,(H,16,17). The molecule has 0 radical (unpaired) electrons. The van der Waals surface area contributed by atoms with Crippen LogP contribution in [0.25, 0.3) is 0 Å². The second-order valence-corrected chi connectivity index (χ2v) is 7.08. The van der Waals surface area contributed by atoms with Crippen molar-refractivity contribution in [3.8, 4) is 0 Å². The number of sulfone groups is 1. The number of carbonyl (C=O) groups is 2. The average Bonchev–Trinajstić information content (AvgIpc) is 2.77. The number of amides is 1. The van der Waals surface area contributed by atoms with Crippen LogP contribution >= 0.6 is 0 Å². The van der Waals surface area contributed by atoms with Gasteiger partial charge in [0.2, 0.25) is 0 Å². The van der Waals surface area contributed by atoms with Crippen LogP contribution in [-0.2, 0) is 9.84 Å². The highest BCUT2D eigenvalue weighted by Crippen LogP contribution is 2.18. The molecule has 1 heterocycles. The first-order chi connectivity index (χ1) is 9.30. The molecule has 1 aromatic carbocycles. The summed E-state index contributed by atoms with van der Waals surface area (Å²) < 4.78 is 22.8. The van der Waals surface area contributed by atoms with Crippen LogP contribution in [0.5, 0.6) is 0 Å². The average molecular weight is 297 g/mol. The highest BCUT2D eigenvalue weighted by atomic mass is 32.2. The van der Waals surface area contributed by atoms with Crippen LogP contribution in [0.15, 0.2) is 24.3 Å². The highest BCUT2D eigenvalue weighted by molar-refractivity contribution is 7.91. The Labute approximate surface area is 116 Å². The van der Waals surface area contributed by atoms with E-state index in [0.29, 0.717) is 12.0 Å². The first-order valence-corrected chi connectivity index (χ1v) is 7.93. The predicted molar refractivity (Wildman–Crippen MR) is 72.6 cm³/mol. The van der Waals surface area contributed by atoms with Crippen molar-refractivity contribution in [1.82, 2.24) is 4.90 Å². The number of nitrogens with zero attached hydrogens (tertiary/aromatic N) is 1. The van der Waals surface area contributed by atoms with E-state index in [1.54, 1.807) is 7.05 Å². The third-order valence-electron chi connectivity index (χ3n) is 3.46. The fourth-order valence-corrected chi connectivity index (χ4v) is 3.98. The normalized spacial score (nSPS) is 20.6. The fourth-order valence-electron chi connectivity index (χ4n) is 2.21. The number of hydrogen-bond donors (Lipinski definition) is 1. The summed E-state index contributed by atoms with van der Waals surface area (Å²) in [6.07, 6.45) is 0.442. The van der Waals surface area contributed by atoms with Gasteiger partial charge in [-0.15, -0.1) is 0 Å². The van der Waals surface area contributed by atoms with E-state index in [0.717, 1.165) is 0 Å². The zero-order valence-electron chi connectivity index (χ0n) is 10.9. The van der Waals surface area contributed by atoms with Crippen molar-refractivity contribution in [2.75, 3.05) is 18.6 Å². The molecule has 7 heteroatoms. The molecule has 1 unspecified atom stereocenters. The topological polar surface area (TPSA) is 91.8 Å². The van der Waals surface area contributed by atoms with Crippen molar-refractivity contribution < 1.29 is 23.1 Å². The Morgan fingerprint density at radius 1 is 1.20 bits per heavy atom. The summed E-state index contributed by atoms with van der Waals surface area (Å²) in [5, 5.41) is 8.79. The first-order valence-electron chi connectivity index (χ1n) is 6.11. The molecule has 0 aromatic heterocycles. The van der Waals surface area contributed by atoms with E-state index >= 15 is 0 Å². The number of benzene rings is 1. The second kappa shape index (κ2) is 5.24. The van der Waals surface area contributed by atoms with E-state index in [-0.39, 0.29) is 29.0 Å². The summed E-state index contributed by atoms with van der Waals surface area (Å²) in [4.78, 5) is 24.4. The summed E-state index contributed by atoms with van der Waals surface area (Å²) in [6.45, 7) is 0. The van der Waals surface area contributed by atoms with E-state index in [1.165, 1.54) is 29.2 Å². The molecule has 1 atom stereocenters. The molecule has 20 heavy (non-hydrogen) atoms. The van der Waals surface area contributed by atoms with E-state index in [1.807, 2.05) is 0 Å². The van der Waals surface area contributed by atoms with Crippen LogP contribution < -0.4 is 0 Å². The van der Waals surface area contributed by atoms with Gasteiger partial charge in [-0.05, 0) is 30.7 Å². The van der Waals surface area contributed by atoms with Gasteiger partial charge in [-0.3, -0.25) is 4.79 Å². The minimum absolute atomic E-state index is 0.0115. The largest absolute Gasteiger partial charge is 0.478 e. The number of rotatable bonds is 3. The first kappa shape index (κ1) is 14.5. The van der Waals surface area contributed by atoms with Gasteiger partial charge in [0.25, 0.3) is 5.91 Å². The lowest BCUT2D eigenvalue weighted by atomic mass is 10.1. The maximum atomic E-state index is 12.2. The molecular formula is C13H15NO5S. The summed E-state index contributed by atoms with van der Waals surface area (Å²) >= 11 is 0. The Balaban J connectivity index is 2.13. The molecule has 1 aliphatic heterocycles. The molecule has 2 rings (SSSR count). The summed E-state index contributed by atoms with van der Waals surface area (Å²) in [5.74, 6) is -1.27. The van der Waals surface area contributed by atoms with Crippen molar-refractivity contribution in [2.24, 2.45) is 0 Å². The lowest BCUT2D eigenvalue weighted by Crippen LogP contribution is -2.37. The van der Waals surface area contributed by atoms with E-state index in [4.69, 9.17) is 5.11 Å². The van der Waals surface area contributed by atoms with Crippen LogP contribution in [0.3, 0.4) is 0 Å². The van der Waals surface area contributed by atoms with Crippen molar-refractivity contribution in [3.63, 3.8) is 0 Å². The fraction of sp³-hybridized carbons (Fsp3) is 0.385. The van der Waals surface area contributed by atoms with Crippen molar-refractivity contribution in [2.45, 2.75) is 12.5 Å². The maximum Gasteiger partial charge on any atom is 0.335 e. The van der Waals surface area contributed by atoms with Gasteiger partial charge in [-0.25, -0.2) is 13.2 Å². The molecule has 1 saturated heterocycles. The van der Waals surface area contributed by atoms with Gasteiger partial charge < -0.3 is 10.0 Å². The minimum atomic E-state index is -3.05. The van der Waals surface area contributed by atoms with Crippen LogP contribution in [-0.4, -0.2) is 54.9 Å². The smallest absolute Gasteiger partial charge is 0.335 e. The predicted octanol–water partition coefficient (Wildman–Crippen LogP) is 0.644. The Morgan fingerprint density at radius 2 is 1.75 bits per heavy atom. The molecule has 0 saturated carbocycles. The van der Waals surface area contributed by atoms with Gasteiger partial charge in [-0.2, -0.15) is 0 Å². The molecular weight excluding hydrogens is 282 g/mol. The number of carbonyl (C=O) groups excluding carboxylic acids is 1. The quantitative estimate of drug-likeness (QED) is 0.884. The van der Waals surface area contributed by atoms with Crippen LogP contribution in [0.1, 0.15) is 27.1 Å². The van der Waals surface area contributed by atoms with Crippen molar-refractivity contribution in [1.29, 1.82) is 0 Å². The number of hydrogen-bond acceptors (Lipinski definition) is 4. The number of carboxylic acid groups (broad SMARTS) is 1. The maximum absolute atomic E-state index is 12.2. The Morgan fingerprint density at radius 3 is 2.20 bits per heavy atom. The highest BCUT2D eigenvalue weighted by Gasteiger charge is 2.32. The molecule has 108 valence electrons. The SMILES string of the molecule is CN(C(=O)c1ccc(C(=O)O)cc1)C1CCS(=O)(=O)C1. The Hall–Kier alpha value is -1.89. The summed E-state index contributed by atoms with van der Waals surface area (Å²) in [5.41, 5.74) is 0.453. The van der Waals surface area contributed by atoms with Crippen molar-refractivity contribution >= 4 is 21.7 Å². The number of aromatic carboxylic acids is 1. The summed E-state index contributed by atoms with van der Waals surface area (Å²) in [6, 6.07) is 5.27. The van der Waals surface area contributed by atoms with Gasteiger partial charge in [-0.1, -0.05) is 0 Å². The van der Waals surface area contributed by atoms with Gasteiger partial charge in [0.05, 0.1) is 17.1 Å². The molecule has 0 aliphatic carbocycles. The molecule has 1 fully saturated rings. The van der Waals surface area contributed by atoms with Gasteiger partial charge in [0.1, 0.15) is 0 Å². The molecule has 1 aliphatic rings. The zero-order chi connectivity index (χ0) is 14.9. The minimum Gasteiger partial charge on any atom is -0.478 e. The van der Waals surface area contributed by atoms with Crippen LogP contribution in [0, 0.1) is 0 Å². The monoisotopic (exact) mass is 297 g/mol. The van der Waals surface area contributed by atoms with Crippen LogP contribution in [0.2, 0.25) is 0 Å².